The Morgan fingerprint density at radius 1 is 1.21 bits per heavy atom. The molecule has 0 atom stereocenters. The van der Waals surface area contributed by atoms with E-state index in [-0.39, 0.29) is 11.2 Å². The number of carbonyl (C=O) groups is 1. The van der Waals surface area contributed by atoms with Gasteiger partial charge in [-0.2, -0.15) is 11.8 Å². The SMILES string of the molecule is C=CCN1C(=O)C2(CCCCC2)NC12CCSCC2. The Kier molecular flexibility index (Phi) is 3.65. The van der Waals surface area contributed by atoms with E-state index in [9.17, 15) is 4.79 Å². The summed E-state index contributed by atoms with van der Waals surface area (Å²) in [4.78, 5) is 15.1. The van der Waals surface area contributed by atoms with E-state index in [2.05, 4.69) is 16.8 Å². The second kappa shape index (κ2) is 5.13. The number of hydrogen-bond acceptors (Lipinski definition) is 3. The molecular formula is C15H24N2OS. The third-order valence-electron chi connectivity index (χ3n) is 4.98. The topological polar surface area (TPSA) is 32.3 Å². The maximum Gasteiger partial charge on any atom is 0.244 e. The van der Waals surface area contributed by atoms with E-state index < -0.39 is 0 Å². The van der Waals surface area contributed by atoms with Crippen LogP contribution < -0.4 is 5.32 Å². The van der Waals surface area contributed by atoms with Crippen molar-refractivity contribution in [2.24, 2.45) is 0 Å². The Balaban J connectivity index is 1.90. The van der Waals surface area contributed by atoms with Gasteiger partial charge in [0, 0.05) is 6.54 Å². The summed E-state index contributed by atoms with van der Waals surface area (Å²) < 4.78 is 0. The third-order valence-corrected chi connectivity index (χ3v) is 5.97. The van der Waals surface area contributed by atoms with Crippen molar-refractivity contribution < 1.29 is 4.79 Å². The zero-order valence-corrected chi connectivity index (χ0v) is 12.4. The van der Waals surface area contributed by atoms with Gasteiger partial charge < -0.3 is 4.90 Å². The van der Waals surface area contributed by atoms with Crippen molar-refractivity contribution in [2.45, 2.75) is 56.1 Å². The number of nitrogens with one attached hydrogen (secondary N) is 1. The summed E-state index contributed by atoms with van der Waals surface area (Å²) in [5.74, 6) is 2.66. The molecule has 2 spiro atoms. The maximum atomic E-state index is 13.0. The lowest BCUT2D eigenvalue weighted by Gasteiger charge is -2.41. The van der Waals surface area contributed by atoms with Crippen LogP contribution in [0.2, 0.25) is 0 Å². The molecule has 0 unspecified atom stereocenters. The number of rotatable bonds is 2. The average Bonchev–Trinajstić information content (AvgIpc) is 2.64. The molecule has 0 aromatic carbocycles. The Morgan fingerprint density at radius 3 is 2.53 bits per heavy atom. The Hall–Kier alpha value is -0.480. The number of hydrogen-bond donors (Lipinski definition) is 1. The lowest BCUT2D eigenvalue weighted by molar-refractivity contribution is -0.135. The summed E-state index contributed by atoms with van der Waals surface area (Å²) in [5, 5.41) is 3.82. The van der Waals surface area contributed by atoms with Crippen molar-refractivity contribution >= 4 is 17.7 Å². The fraction of sp³-hybridized carbons (Fsp3) is 0.800. The van der Waals surface area contributed by atoms with E-state index >= 15 is 0 Å². The summed E-state index contributed by atoms with van der Waals surface area (Å²) >= 11 is 2.01. The van der Waals surface area contributed by atoms with Gasteiger partial charge in [0.1, 0.15) is 0 Å². The number of thioether (sulfide) groups is 1. The smallest absolute Gasteiger partial charge is 0.244 e. The fourth-order valence-electron chi connectivity index (χ4n) is 4.00. The van der Waals surface area contributed by atoms with Gasteiger partial charge in [-0.15, -0.1) is 6.58 Å². The van der Waals surface area contributed by atoms with Gasteiger partial charge in [0.2, 0.25) is 5.91 Å². The first-order valence-electron chi connectivity index (χ1n) is 7.53. The van der Waals surface area contributed by atoms with Crippen LogP contribution in [0.4, 0.5) is 0 Å². The molecule has 2 heterocycles. The van der Waals surface area contributed by atoms with Crippen LogP contribution in [0.5, 0.6) is 0 Å². The van der Waals surface area contributed by atoms with Crippen LogP contribution in [0.1, 0.15) is 44.9 Å². The van der Waals surface area contributed by atoms with Gasteiger partial charge in [0.05, 0.1) is 11.2 Å². The standard InChI is InChI=1S/C15H24N2OS/c1-2-10-17-13(18)14(6-4-3-5-7-14)16-15(17)8-11-19-12-9-15/h2,16H,1,3-12H2. The summed E-state index contributed by atoms with van der Waals surface area (Å²) in [7, 11) is 0. The number of carbonyl (C=O) groups excluding carboxylic acids is 1. The van der Waals surface area contributed by atoms with E-state index in [4.69, 9.17) is 0 Å². The molecule has 1 aliphatic carbocycles. The number of nitrogens with zero attached hydrogens (tertiary/aromatic N) is 1. The lowest BCUT2D eigenvalue weighted by Crippen LogP contribution is -2.57. The van der Waals surface area contributed by atoms with Crippen LogP contribution in [0.25, 0.3) is 0 Å². The van der Waals surface area contributed by atoms with Gasteiger partial charge in [0.15, 0.2) is 0 Å². The molecule has 3 fully saturated rings. The van der Waals surface area contributed by atoms with Crippen LogP contribution in [-0.2, 0) is 4.79 Å². The van der Waals surface area contributed by atoms with Gasteiger partial charge >= 0.3 is 0 Å². The number of amides is 1. The van der Waals surface area contributed by atoms with Gasteiger partial charge in [-0.25, -0.2) is 0 Å². The molecular weight excluding hydrogens is 256 g/mol. The van der Waals surface area contributed by atoms with Crippen LogP contribution >= 0.6 is 11.8 Å². The molecule has 2 saturated heterocycles. The van der Waals surface area contributed by atoms with E-state index in [0.717, 1.165) is 37.2 Å². The highest BCUT2D eigenvalue weighted by molar-refractivity contribution is 7.99. The van der Waals surface area contributed by atoms with Crippen LogP contribution in [0, 0.1) is 0 Å². The highest BCUT2D eigenvalue weighted by Gasteiger charge is 2.58. The highest BCUT2D eigenvalue weighted by atomic mass is 32.2. The Morgan fingerprint density at radius 2 is 1.89 bits per heavy atom. The molecule has 4 heteroatoms. The minimum Gasteiger partial charge on any atom is -0.319 e. The second-order valence-electron chi connectivity index (χ2n) is 6.12. The molecule has 3 rings (SSSR count). The van der Waals surface area contributed by atoms with E-state index in [1.54, 1.807) is 0 Å². The van der Waals surface area contributed by atoms with Crippen molar-refractivity contribution in [1.29, 1.82) is 0 Å². The van der Waals surface area contributed by atoms with Crippen LogP contribution in [-0.4, -0.2) is 40.1 Å². The predicted octanol–water partition coefficient (Wildman–Crippen LogP) is 2.53. The summed E-state index contributed by atoms with van der Waals surface area (Å²) in [6, 6.07) is 0. The molecule has 1 saturated carbocycles. The minimum absolute atomic E-state index is 0.0755. The van der Waals surface area contributed by atoms with Gasteiger partial charge in [-0.05, 0) is 37.2 Å². The van der Waals surface area contributed by atoms with Crippen LogP contribution in [0.15, 0.2) is 12.7 Å². The van der Waals surface area contributed by atoms with Crippen molar-refractivity contribution in [1.82, 2.24) is 10.2 Å². The molecule has 1 N–H and O–H groups in total. The average molecular weight is 280 g/mol. The molecule has 0 radical (unpaired) electrons. The van der Waals surface area contributed by atoms with Crippen molar-refractivity contribution in [3.63, 3.8) is 0 Å². The molecule has 19 heavy (non-hydrogen) atoms. The molecule has 0 bridgehead atoms. The molecule has 2 aliphatic heterocycles. The first-order valence-corrected chi connectivity index (χ1v) is 8.68. The highest BCUT2D eigenvalue weighted by Crippen LogP contribution is 2.43. The monoisotopic (exact) mass is 280 g/mol. The Bertz CT molecular complexity index is 370. The lowest BCUT2D eigenvalue weighted by atomic mass is 9.81. The van der Waals surface area contributed by atoms with Crippen molar-refractivity contribution in [2.75, 3.05) is 18.1 Å². The predicted molar refractivity (Wildman–Crippen MR) is 80.2 cm³/mol. The zero-order chi connectivity index (χ0) is 13.3. The molecule has 0 aromatic heterocycles. The molecule has 3 aliphatic rings. The van der Waals surface area contributed by atoms with Crippen molar-refractivity contribution in [3.8, 4) is 0 Å². The summed E-state index contributed by atoms with van der Waals surface area (Å²) in [5.41, 5.74) is -0.322. The fourth-order valence-corrected chi connectivity index (χ4v) is 5.17. The molecule has 1 amide bonds. The van der Waals surface area contributed by atoms with Gasteiger partial charge in [-0.1, -0.05) is 25.3 Å². The molecule has 0 aromatic rings. The van der Waals surface area contributed by atoms with E-state index in [1.165, 1.54) is 19.3 Å². The van der Waals surface area contributed by atoms with Crippen molar-refractivity contribution in [3.05, 3.63) is 12.7 Å². The Labute approximate surface area is 120 Å². The largest absolute Gasteiger partial charge is 0.319 e. The summed E-state index contributed by atoms with van der Waals surface area (Å²) in [6.45, 7) is 4.54. The van der Waals surface area contributed by atoms with Crippen LogP contribution in [0.3, 0.4) is 0 Å². The normalized spacial score (nSPS) is 29.1. The quantitative estimate of drug-likeness (QED) is 0.789. The molecule has 106 valence electrons. The van der Waals surface area contributed by atoms with Gasteiger partial charge in [0.25, 0.3) is 0 Å². The minimum atomic E-state index is -0.247. The molecule has 3 nitrogen and oxygen atoms in total. The van der Waals surface area contributed by atoms with E-state index in [0.29, 0.717) is 12.5 Å². The first-order chi connectivity index (χ1) is 9.22. The maximum absolute atomic E-state index is 13.0. The third kappa shape index (κ3) is 2.13. The second-order valence-corrected chi connectivity index (χ2v) is 7.34. The van der Waals surface area contributed by atoms with E-state index in [1.807, 2.05) is 17.8 Å². The van der Waals surface area contributed by atoms with Gasteiger partial charge in [-0.3, -0.25) is 10.1 Å². The first kappa shape index (κ1) is 13.5. The summed E-state index contributed by atoms with van der Waals surface area (Å²) in [6.07, 6.45) is 9.74. The zero-order valence-electron chi connectivity index (χ0n) is 11.6.